The van der Waals surface area contributed by atoms with Crippen molar-refractivity contribution in [1.29, 1.82) is 5.41 Å². The lowest BCUT2D eigenvalue weighted by Gasteiger charge is -2.32. The van der Waals surface area contributed by atoms with Crippen molar-refractivity contribution in [3.63, 3.8) is 0 Å². The number of benzene rings is 2. The maximum Gasteiger partial charge on any atom is 0.407 e. The van der Waals surface area contributed by atoms with E-state index in [9.17, 15) is 9.59 Å². The third-order valence-corrected chi connectivity index (χ3v) is 6.71. The highest BCUT2D eigenvalue weighted by molar-refractivity contribution is 6.33. The minimum absolute atomic E-state index is 0.0461. The van der Waals surface area contributed by atoms with Crippen LogP contribution in [0, 0.1) is 11.2 Å². The number of aromatic amines is 1. The Morgan fingerprint density at radius 1 is 1.22 bits per heavy atom. The van der Waals surface area contributed by atoms with Gasteiger partial charge in [0.15, 0.2) is 11.8 Å². The fourth-order valence-corrected chi connectivity index (χ4v) is 4.33. The molecule has 0 bridgehead atoms. The Bertz CT molecular complexity index is 1570. The van der Waals surface area contributed by atoms with Crippen LogP contribution in [0.25, 0.3) is 22.6 Å². The number of rotatable bonds is 8. The number of alkyl carbamates (subject to hydrolysis) is 1. The number of H-pyrrole nitrogens is 1. The highest BCUT2D eigenvalue weighted by Crippen LogP contribution is 2.32. The summed E-state index contributed by atoms with van der Waals surface area (Å²) in [6, 6.07) is 7.90. The van der Waals surface area contributed by atoms with Crippen LogP contribution in [0.2, 0.25) is 5.02 Å². The Balaban J connectivity index is 1.53. The molecule has 1 aliphatic rings. The Morgan fingerprint density at radius 3 is 2.71 bits per heavy atom. The first-order chi connectivity index (χ1) is 19.9. The summed E-state index contributed by atoms with van der Waals surface area (Å²) in [4.78, 5) is 39.7. The van der Waals surface area contributed by atoms with Gasteiger partial charge in [-0.2, -0.15) is 5.10 Å². The molecule has 4 N–H and O–H groups in total. The second-order valence-electron chi connectivity index (χ2n) is 9.17. The quantitative estimate of drug-likeness (QED) is 0.181. The number of amides is 2. The summed E-state index contributed by atoms with van der Waals surface area (Å²) in [7, 11) is 1.45. The first-order valence-electron chi connectivity index (χ1n) is 12.6. The van der Waals surface area contributed by atoms with Gasteiger partial charge in [0.25, 0.3) is 5.91 Å². The van der Waals surface area contributed by atoms with E-state index in [0.29, 0.717) is 33.2 Å². The molecule has 0 radical (unpaired) electrons. The molecule has 2 aromatic heterocycles. The van der Waals surface area contributed by atoms with Gasteiger partial charge in [0.2, 0.25) is 0 Å². The van der Waals surface area contributed by atoms with E-state index >= 15 is 4.39 Å². The molecule has 0 spiro atoms. The van der Waals surface area contributed by atoms with Gasteiger partial charge in [-0.3, -0.25) is 30.2 Å². The molecule has 5 rings (SSSR count). The predicted octanol–water partition coefficient (Wildman–Crippen LogP) is 3.95. The van der Waals surface area contributed by atoms with Gasteiger partial charge in [0.1, 0.15) is 18.8 Å². The van der Waals surface area contributed by atoms with Gasteiger partial charge < -0.3 is 15.4 Å². The highest BCUT2D eigenvalue weighted by Gasteiger charge is 2.33. The maximum absolute atomic E-state index is 15.4. The molecular formula is C27H25ClFN9O3. The summed E-state index contributed by atoms with van der Waals surface area (Å²) in [5.74, 6) is -1.63. The molecule has 4 aromatic rings. The zero-order chi connectivity index (χ0) is 28.9. The Morgan fingerprint density at radius 2 is 2.05 bits per heavy atom. The van der Waals surface area contributed by atoms with Crippen molar-refractivity contribution in [2.45, 2.75) is 24.9 Å². The maximum atomic E-state index is 15.4. The first kappa shape index (κ1) is 27.6. The van der Waals surface area contributed by atoms with Gasteiger partial charge in [-0.05, 0) is 42.7 Å². The van der Waals surface area contributed by atoms with E-state index in [1.54, 1.807) is 24.3 Å². The molecule has 1 fully saturated rings. The average Bonchev–Trinajstić information content (AvgIpc) is 3.63. The molecule has 0 unspecified atom stereocenters. The van der Waals surface area contributed by atoms with E-state index < -0.39 is 23.9 Å². The largest absolute Gasteiger partial charge is 0.447 e. The van der Waals surface area contributed by atoms with Crippen molar-refractivity contribution in [1.82, 2.24) is 40.7 Å². The molecule has 14 heteroatoms. The van der Waals surface area contributed by atoms with Crippen LogP contribution < -0.4 is 10.6 Å². The van der Waals surface area contributed by atoms with Crippen LogP contribution in [0.4, 0.5) is 9.18 Å². The number of aromatic nitrogens is 5. The lowest BCUT2D eigenvalue weighted by molar-refractivity contribution is 0.0692. The second-order valence-corrected chi connectivity index (χ2v) is 9.57. The Labute approximate surface area is 238 Å². The lowest BCUT2D eigenvalue weighted by atomic mass is 10.0. The number of guanidine groups is 1. The van der Waals surface area contributed by atoms with Crippen LogP contribution in [0.1, 0.15) is 34.8 Å². The normalized spacial score (nSPS) is 13.2. The number of carbonyl (C=O) groups excluding carboxylic acids is 2. The molecule has 210 valence electrons. The van der Waals surface area contributed by atoms with Crippen molar-refractivity contribution >= 4 is 29.6 Å². The number of carbonyl (C=O) groups is 2. The fourth-order valence-electron chi connectivity index (χ4n) is 4.12. The number of nitrogens with one attached hydrogen (secondary N) is 4. The Kier molecular flexibility index (Phi) is 8.15. The second kappa shape index (κ2) is 12.1. The van der Waals surface area contributed by atoms with E-state index in [0.717, 1.165) is 17.7 Å². The predicted molar refractivity (Wildman–Crippen MR) is 147 cm³/mol. The van der Waals surface area contributed by atoms with Crippen molar-refractivity contribution in [2.75, 3.05) is 13.7 Å². The van der Waals surface area contributed by atoms with Gasteiger partial charge >= 0.3 is 6.09 Å². The first-order valence-corrected chi connectivity index (χ1v) is 13.0. The number of ether oxygens (including phenoxy) is 1. The number of hydrogen-bond acceptors (Lipinski definition) is 8. The van der Waals surface area contributed by atoms with E-state index in [1.165, 1.54) is 44.1 Å². The van der Waals surface area contributed by atoms with E-state index in [2.05, 4.69) is 35.8 Å². The van der Waals surface area contributed by atoms with Gasteiger partial charge in [-0.15, -0.1) is 0 Å². The zero-order valence-electron chi connectivity index (χ0n) is 21.8. The molecule has 12 nitrogen and oxygen atoms in total. The lowest BCUT2D eigenvalue weighted by Crippen LogP contribution is -2.47. The monoisotopic (exact) mass is 577 g/mol. The SMILES string of the molecule is CNC(=N)N(C(=O)c1ccc(-c2cnccn2)cc1F)[C@H](COC(=O)NC1CC1)c1ccc(Cl)c(-c2ncn[nH]2)c1. The van der Waals surface area contributed by atoms with Gasteiger partial charge in [0, 0.05) is 36.6 Å². The zero-order valence-corrected chi connectivity index (χ0v) is 22.5. The third kappa shape index (κ3) is 6.30. The van der Waals surface area contributed by atoms with Gasteiger partial charge in [0.05, 0.1) is 28.5 Å². The minimum Gasteiger partial charge on any atom is -0.447 e. The molecule has 0 aliphatic heterocycles. The van der Waals surface area contributed by atoms with E-state index in [1.807, 2.05) is 0 Å². The molecule has 2 amide bonds. The fraction of sp³-hybridized carbons (Fsp3) is 0.222. The van der Waals surface area contributed by atoms with Gasteiger partial charge in [-0.1, -0.05) is 23.7 Å². The van der Waals surface area contributed by atoms with Crippen molar-refractivity contribution < 1.29 is 18.7 Å². The third-order valence-electron chi connectivity index (χ3n) is 6.38. The average molecular weight is 578 g/mol. The van der Waals surface area contributed by atoms with Crippen LogP contribution >= 0.6 is 11.6 Å². The van der Waals surface area contributed by atoms with E-state index in [-0.39, 0.29) is 24.2 Å². The number of hydrogen-bond donors (Lipinski definition) is 4. The summed E-state index contributed by atoms with van der Waals surface area (Å²) in [6.07, 6.45) is 6.82. The summed E-state index contributed by atoms with van der Waals surface area (Å²) in [6.45, 7) is -0.342. The van der Waals surface area contributed by atoms with Crippen LogP contribution in [0.5, 0.6) is 0 Å². The van der Waals surface area contributed by atoms with E-state index in [4.69, 9.17) is 21.7 Å². The molecular weight excluding hydrogens is 553 g/mol. The molecule has 1 atom stereocenters. The smallest absolute Gasteiger partial charge is 0.407 e. The molecule has 1 saturated carbocycles. The minimum atomic E-state index is -1.05. The molecule has 2 heterocycles. The summed E-state index contributed by atoms with van der Waals surface area (Å²) >= 11 is 6.42. The van der Waals surface area contributed by atoms with Crippen LogP contribution in [0.3, 0.4) is 0 Å². The molecule has 0 saturated heterocycles. The van der Waals surface area contributed by atoms with Gasteiger partial charge in [-0.25, -0.2) is 14.2 Å². The topological polar surface area (TPSA) is 162 Å². The molecule has 1 aliphatic carbocycles. The summed E-state index contributed by atoms with van der Waals surface area (Å²) < 4.78 is 20.9. The molecule has 2 aromatic carbocycles. The summed E-state index contributed by atoms with van der Waals surface area (Å²) in [5, 5.41) is 20.9. The standard InChI is InChI=1S/C27H25ClFN9O3/c1-31-26(30)38(25(39)18-6-2-15(11-21(18)29)22-12-32-8-9-33-22)23(13-41-27(40)36-17-4-5-17)16-3-7-20(28)19(10-16)24-34-14-35-37-24/h2-3,6-12,14,17,23H,4-5,13H2,1H3,(H2,30,31)(H,36,40)(H,34,35,37)/t23-/m1/s1. The van der Waals surface area contributed by atoms with Crippen LogP contribution in [-0.2, 0) is 4.74 Å². The van der Waals surface area contributed by atoms with Crippen molar-refractivity contribution in [3.8, 4) is 22.6 Å². The highest BCUT2D eigenvalue weighted by atomic mass is 35.5. The molecule has 41 heavy (non-hydrogen) atoms. The van der Waals surface area contributed by atoms with Crippen molar-refractivity contribution in [3.05, 3.63) is 83.3 Å². The summed E-state index contributed by atoms with van der Waals surface area (Å²) in [5.41, 5.74) is 1.48. The number of halogens is 2. The van der Waals surface area contributed by atoms with Crippen LogP contribution in [-0.4, -0.2) is 67.7 Å². The Hall–Kier alpha value is -4.91. The van der Waals surface area contributed by atoms with Crippen molar-refractivity contribution in [2.24, 2.45) is 0 Å². The number of nitrogens with zero attached hydrogens (tertiary/aromatic N) is 5. The van der Waals surface area contributed by atoms with Crippen LogP contribution in [0.15, 0.2) is 61.3 Å².